The van der Waals surface area contributed by atoms with E-state index in [2.05, 4.69) is 35.5 Å². The van der Waals surface area contributed by atoms with Crippen LogP contribution < -0.4 is 11.1 Å². The zero-order valence-corrected chi connectivity index (χ0v) is 17.0. The average Bonchev–Trinajstić information content (AvgIpc) is 3.08. The van der Waals surface area contributed by atoms with E-state index >= 15 is 0 Å². The number of nitrogens with one attached hydrogen (secondary N) is 1. The molecule has 32 heavy (non-hydrogen) atoms. The van der Waals surface area contributed by atoms with E-state index in [4.69, 9.17) is 5.73 Å². The van der Waals surface area contributed by atoms with E-state index in [-0.39, 0.29) is 29.5 Å². The SMILES string of the molecule is CC(C)(O)Cn1cnc2cc(C(F)(F)F)c(Nc3ccc(-c4cnc(N)nc4)nn3)nc21. The number of fused-ring (bicyclic) bond motifs is 1. The lowest BCUT2D eigenvalue weighted by Crippen LogP contribution is -2.25. The van der Waals surface area contributed by atoms with Crippen LogP contribution in [0.5, 0.6) is 0 Å². The van der Waals surface area contributed by atoms with Crippen molar-refractivity contribution >= 4 is 28.7 Å². The zero-order chi connectivity index (χ0) is 23.1. The fourth-order valence-corrected chi connectivity index (χ4v) is 2.97. The minimum Gasteiger partial charge on any atom is -0.389 e. The Hall–Kier alpha value is -3.87. The van der Waals surface area contributed by atoms with Gasteiger partial charge in [-0.1, -0.05) is 0 Å². The number of pyridine rings is 1. The first-order chi connectivity index (χ1) is 15.0. The second-order valence-corrected chi connectivity index (χ2v) is 7.67. The third-order valence-corrected chi connectivity index (χ3v) is 4.33. The summed E-state index contributed by atoms with van der Waals surface area (Å²) in [6.07, 6.45) is -0.428. The lowest BCUT2D eigenvalue weighted by Gasteiger charge is -2.18. The van der Waals surface area contributed by atoms with Crippen molar-refractivity contribution in [2.24, 2.45) is 0 Å². The number of nitrogen functional groups attached to an aromatic ring is 1. The number of alkyl halides is 3. The number of anilines is 3. The number of rotatable bonds is 5. The van der Waals surface area contributed by atoms with Gasteiger partial charge in [-0.25, -0.2) is 19.9 Å². The van der Waals surface area contributed by atoms with Crippen molar-refractivity contribution in [2.45, 2.75) is 32.2 Å². The number of hydrogen-bond donors (Lipinski definition) is 3. The normalized spacial score (nSPS) is 12.3. The van der Waals surface area contributed by atoms with Crippen LogP contribution in [0.2, 0.25) is 0 Å². The Kier molecular flexibility index (Phi) is 5.12. The van der Waals surface area contributed by atoms with Gasteiger partial charge in [0.25, 0.3) is 0 Å². The molecule has 4 N–H and O–H groups in total. The van der Waals surface area contributed by atoms with E-state index in [1.165, 1.54) is 29.4 Å². The molecule has 0 fully saturated rings. The summed E-state index contributed by atoms with van der Waals surface area (Å²) >= 11 is 0. The second-order valence-electron chi connectivity index (χ2n) is 7.67. The number of nitrogens with zero attached hydrogens (tertiary/aromatic N) is 7. The first-order valence-electron chi connectivity index (χ1n) is 9.34. The number of halogens is 3. The van der Waals surface area contributed by atoms with Gasteiger partial charge in [-0.3, -0.25) is 0 Å². The Morgan fingerprint density at radius 3 is 2.41 bits per heavy atom. The van der Waals surface area contributed by atoms with E-state index < -0.39 is 23.2 Å². The van der Waals surface area contributed by atoms with E-state index in [0.29, 0.717) is 11.3 Å². The molecule has 0 spiro atoms. The van der Waals surface area contributed by atoms with E-state index in [1.54, 1.807) is 19.9 Å². The highest BCUT2D eigenvalue weighted by atomic mass is 19.4. The van der Waals surface area contributed by atoms with Crippen LogP contribution >= 0.6 is 0 Å². The summed E-state index contributed by atoms with van der Waals surface area (Å²) in [4.78, 5) is 15.8. The van der Waals surface area contributed by atoms with Crippen molar-refractivity contribution in [1.29, 1.82) is 0 Å². The summed E-state index contributed by atoms with van der Waals surface area (Å²) in [6.45, 7) is 3.25. The summed E-state index contributed by atoms with van der Waals surface area (Å²) in [7, 11) is 0. The zero-order valence-electron chi connectivity index (χ0n) is 17.0. The van der Waals surface area contributed by atoms with Crippen LogP contribution in [0.1, 0.15) is 19.4 Å². The van der Waals surface area contributed by atoms with Crippen molar-refractivity contribution in [1.82, 2.24) is 34.7 Å². The topological polar surface area (TPSA) is 141 Å². The third kappa shape index (κ3) is 4.56. The maximum Gasteiger partial charge on any atom is 0.420 e. The summed E-state index contributed by atoms with van der Waals surface area (Å²) in [5.41, 5.74) is 4.54. The number of imidazole rings is 1. The molecule has 0 saturated heterocycles. The Labute approximate surface area is 179 Å². The maximum absolute atomic E-state index is 13.7. The molecule has 0 aliphatic carbocycles. The maximum atomic E-state index is 13.7. The predicted molar refractivity (Wildman–Crippen MR) is 110 cm³/mol. The van der Waals surface area contributed by atoms with Gasteiger partial charge in [0.15, 0.2) is 11.5 Å². The van der Waals surface area contributed by atoms with Gasteiger partial charge in [0, 0.05) is 18.0 Å². The molecule has 4 aromatic heterocycles. The molecule has 13 heteroatoms. The molecule has 4 rings (SSSR count). The lowest BCUT2D eigenvalue weighted by molar-refractivity contribution is -0.137. The van der Waals surface area contributed by atoms with Crippen molar-refractivity contribution in [2.75, 3.05) is 11.1 Å². The highest BCUT2D eigenvalue weighted by Gasteiger charge is 2.36. The molecule has 166 valence electrons. The molecule has 0 aromatic carbocycles. The molecule has 0 amide bonds. The van der Waals surface area contributed by atoms with Gasteiger partial charge in [-0.15, -0.1) is 10.2 Å². The molecule has 0 atom stereocenters. The Morgan fingerprint density at radius 2 is 1.81 bits per heavy atom. The first-order valence-corrected chi connectivity index (χ1v) is 9.34. The monoisotopic (exact) mass is 445 g/mol. The van der Waals surface area contributed by atoms with Crippen LogP contribution in [0, 0.1) is 0 Å². The first kappa shape index (κ1) is 21.4. The highest BCUT2D eigenvalue weighted by Crippen LogP contribution is 2.36. The molecule has 0 saturated carbocycles. The van der Waals surface area contributed by atoms with Crippen molar-refractivity contribution in [3.63, 3.8) is 0 Å². The molecule has 0 bridgehead atoms. The second kappa shape index (κ2) is 7.67. The fourth-order valence-electron chi connectivity index (χ4n) is 2.97. The molecule has 0 aliphatic heterocycles. The van der Waals surface area contributed by atoms with Gasteiger partial charge in [-0.05, 0) is 32.0 Å². The molecular formula is C19H18F3N9O. The van der Waals surface area contributed by atoms with Crippen LogP contribution in [0.4, 0.5) is 30.8 Å². The van der Waals surface area contributed by atoms with Crippen LogP contribution in [0.15, 0.2) is 36.9 Å². The minimum absolute atomic E-state index is 0.0519. The standard InChI is InChI=1S/C19H18F3N9O/c1-18(2,32)8-31-9-26-13-5-11(19(20,21)22)15(28-16(13)31)27-14-4-3-12(29-30-14)10-6-24-17(23)25-7-10/h3-7,9,32H,8H2,1-2H3,(H2,23,24,25)(H,27,28,30). The summed E-state index contributed by atoms with van der Waals surface area (Å²) in [5.74, 6) is -0.304. The highest BCUT2D eigenvalue weighted by molar-refractivity contribution is 5.77. The Morgan fingerprint density at radius 1 is 1.09 bits per heavy atom. The summed E-state index contributed by atoms with van der Waals surface area (Å²) in [5, 5.41) is 20.6. The van der Waals surface area contributed by atoms with Crippen LogP contribution in [-0.4, -0.2) is 45.4 Å². The molecule has 0 aliphatic rings. The molecule has 0 unspecified atom stereocenters. The summed E-state index contributed by atoms with van der Waals surface area (Å²) in [6, 6.07) is 3.91. The number of aromatic nitrogens is 7. The van der Waals surface area contributed by atoms with Gasteiger partial charge in [0.1, 0.15) is 16.9 Å². The predicted octanol–water partition coefficient (Wildman–Crippen LogP) is 2.79. The lowest BCUT2D eigenvalue weighted by atomic mass is 10.1. The average molecular weight is 445 g/mol. The van der Waals surface area contributed by atoms with Gasteiger partial charge >= 0.3 is 6.18 Å². The van der Waals surface area contributed by atoms with E-state index in [0.717, 1.165) is 6.07 Å². The third-order valence-electron chi connectivity index (χ3n) is 4.33. The van der Waals surface area contributed by atoms with Gasteiger partial charge in [-0.2, -0.15) is 13.2 Å². The van der Waals surface area contributed by atoms with Gasteiger partial charge in [0.05, 0.1) is 24.2 Å². The van der Waals surface area contributed by atoms with Crippen molar-refractivity contribution in [3.8, 4) is 11.3 Å². The quantitative estimate of drug-likeness (QED) is 0.423. The van der Waals surface area contributed by atoms with E-state index in [9.17, 15) is 18.3 Å². The van der Waals surface area contributed by atoms with Gasteiger partial charge < -0.3 is 20.7 Å². The minimum atomic E-state index is -4.68. The number of hydrogen-bond acceptors (Lipinski definition) is 9. The van der Waals surface area contributed by atoms with Crippen molar-refractivity contribution in [3.05, 3.63) is 42.5 Å². The Bertz CT molecular complexity index is 1250. The number of nitrogens with two attached hydrogens (primary N) is 1. The van der Waals surface area contributed by atoms with Crippen LogP contribution in [-0.2, 0) is 12.7 Å². The van der Waals surface area contributed by atoms with E-state index in [1.807, 2.05) is 0 Å². The molecule has 0 radical (unpaired) electrons. The van der Waals surface area contributed by atoms with Crippen LogP contribution in [0.25, 0.3) is 22.4 Å². The smallest absolute Gasteiger partial charge is 0.389 e. The van der Waals surface area contributed by atoms with Crippen molar-refractivity contribution < 1.29 is 18.3 Å². The molecule has 4 heterocycles. The number of aliphatic hydroxyl groups is 1. The molecule has 10 nitrogen and oxygen atoms in total. The summed E-state index contributed by atoms with van der Waals surface area (Å²) < 4.78 is 42.5. The largest absolute Gasteiger partial charge is 0.420 e. The fraction of sp³-hybridized carbons (Fsp3) is 0.263. The molecule has 4 aromatic rings. The van der Waals surface area contributed by atoms with Crippen LogP contribution in [0.3, 0.4) is 0 Å². The van der Waals surface area contributed by atoms with Gasteiger partial charge in [0.2, 0.25) is 5.95 Å². The molecular weight excluding hydrogens is 427 g/mol. The Balaban J connectivity index is 1.70.